The third-order valence-electron chi connectivity index (χ3n) is 4.13. The first kappa shape index (κ1) is 25.6. The molecule has 2 heteroatoms. The van der Waals surface area contributed by atoms with Gasteiger partial charge in [0.2, 0.25) is 0 Å². The van der Waals surface area contributed by atoms with Crippen molar-refractivity contribution < 1.29 is 9.47 Å². The minimum Gasteiger partial charge on any atom is -0.348 e. The normalized spacial score (nSPS) is 12.3. The summed E-state index contributed by atoms with van der Waals surface area (Å²) < 4.78 is 11.9. The Morgan fingerprint density at radius 1 is 0.704 bits per heavy atom. The third-order valence-corrected chi connectivity index (χ3v) is 4.13. The highest BCUT2D eigenvalue weighted by atomic mass is 16.7. The fraction of sp³-hybridized carbons (Fsp3) is 0.600. The Morgan fingerprint density at radius 2 is 1.11 bits per heavy atom. The Morgan fingerprint density at radius 3 is 1.44 bits per heavy atom. The molecular formula is C25H42O2. The lowest BCUT2D eigenvalue weighted by Gasteiger charge is -2.17. The maximum atomic E-state index is 5.93. The fourth-order valence-electron chi connectivity index (χ4n) is 2.43. The molecule has 0 atom stereocenters. The van der Waals surface area contributed by atoms with E-state index in [9.17, 15) is 0 Å². The van der Waals surface area contributed by atoms with Gasteiger partial charge in [-0.3, -0.25) is 0 Å². The van der Waals surface area contributed by atoms with Gasteiger partial charge in [-0.15, -0.1) is 0 Å². The molecule has 0 saturated heterocycles. The Hall–Kier alpha value is -1.38. The smallest absolute Gasteiger partial charge is 0.162 e. The van der Waals surface area contributed by atoms with Gasteiger partial charge in [0, 0.05) is 6.42 Å². The Kier molecular flexibility index (Phi) is 14.9. The average molecular weight is 375 g/mol. The molecule has 0 aromatic heterocycles. The van der Waals surface area contributed by atoms with Gasteiger partial charge in [0.1, 0.15) is 0 Å². The number of allylic oxidation sites excluding steroid dienone is 6. The lowest BCUT2D eigenvalue weighted by atomic mass is 10.1. The molecular weight excluding hydrogens is 332 g/mol. The Balaban J connectivity index is 4.36. The zero-order valence-electron chi connectivity index (χ0n) is 18.9. The molecule has 0 heterocycles. The van der Waals surface area contributed by atoms with Crippen molar-refractivity contribution in [3.05, 3.63) is 58.7 Å². The van der Waals surface area contributed by atoms with Crippen molar-refractivity contribution in [2.24, 2.45) is 0 Å². The van der Waals surface area contributed by atoms with Crippen LogP contribution in [0.15, 0.2) is 58.7 Å². The van der Waals surface area contributed by atoms with Crippen molar-refractivity contribution in [3.8, 4) is 0 Å². The lowest BCUT2D eigenvalue weighted by molar-refractivity contribution is -0.125. The van der Waals surface area contributed by atoms with Gasteiger partial charge in [-0.2, -0.15) is 0 Å². The van der Waals surface area contributed by atoms with E-state index >= 15 is 0 Å². The molecule has 0 N–H and O–H groups in total. The van der Waals surface area contributed by atoms with Crippen LogP contribution in [0.25, 0.3) is 0 Å². The van der Waals surface area contributed by atoms with Gasteiger partial charge in [-0.05, 0) is 74.1 Å². The van der Waals surface area contributed by atoms with E-state index in [1.807, 2.05) is 6.92 Å². The summed E-state index contributed by atoms with van der Waals surface area (Å²) in [6.45, 7) is 20.1. The summed E-state index contributed by atoms with van der Waals surface area (Å²) in [5.41, 5.74) is 6.54. The lowest BCUT2D eigenvalue weighted by Crippen LogP contribution is -2.18. The molecule has 0 spiro atoms. The highest BCUT2D eigenvalue weighted by Gasteiger charge is 2.08. The van der Waals surface area contributed by atoms with Crippen LogP contribution in [0.3, 0.4) is 0 Å². The van der Waals surface area contributed by atoms with Crippen LogP contribution in [0, 0.1) is 0 Å². The second kappa shape index (κ2) is 15.7. The van der Waals surface area contributed by atoms with E-state index in [0.29, 0.717) is 13.2 Å². The molecule has 0 saturated carbocycles. The molecule has 0 rings (SSSR count). The summed E-state index contributed by atoms with van der Waals surface area (Å²) in [5, 5.41) is 0. The maximum absolute atomic E-state index is 5.93. The molecule has 0 aromatic rings. The quantitative estimate of drug-likeness (QED) is 0.229. The van der Waals surface area contributed by atoms with Crippen LogP contribution < -0.4 is 0 Å². The third kappa shape index (κ3) is 17.8. The first-order valence-electron chi connectivity index (χ1n) is 10.2. The van der Waals surface area contributed by atoms with Gasteiger partial charge in [-0.1, -0.05) is 58.7 Å². The van der Waals surface area contributed by atoms with Gasteiger partial charge in [0.15, 0.2) is 6.29 Å². The van der Waals surface area contributed by atoms with Gasteiger partial charge < -0.3 is 9.47 Å². The summed E-state index contributed by atoms with van der Waals surface area (Å²) in [5.74, 6) is 0. The Bertz CT molecular complexity index is 497. The minimum atomic E-state index is -0.230. The fourth-order valence-corrected chi connectivity index (χ4v) is 2.43. The predicted octanol–water partition coefficient (Wildman–Crippen LogP) is 7.70. The molecule has 2 nitrogen and oxygen atoms in total. The molecule has 0 bridgehead atoms. The van der Waals surface area contributed by atoms with E-state index in [1.165, 1.54) is 22.3 Å². The molecule has 0 radical (unpaired) electrons. The summed E-state index contributed by atoms with van der Waals surface area (Å²) in [4.78, 5) is 0. The number of rotatable bonds is 14. The van der Waals surface area contributed by atoms with Crippen molar-refractivity contribution in [3.63, 3.8) is 0 Å². The van der Waals surface area contributed by atoms with Gasteiger partial charge in [-0.25, -0.2) is 0 Å². The second-order valence-corrected chi connectivity index (χ2v) is 8.00. The van der Waals surface area contributed by atoms with E-state index in [0.717, 1.165) is 37.7 Å². The van der Waals surface area contributed by atoms with Crippen LogP contribution in [-0.2, 0) is 9.47 Å². The van der Waals surface area contributed by atoms with Crippen LogP contribution in [0.5, 0.6) is 0 Å². The van der Waals surface area contributed by atoms with E-state index in [-0.39, 0.29) is 6.29 Å². The maximum Gasteiger partial charge on any atom is 0.162 e. The van der Waals surface area contributed by atoms with E-state index < -0.39 is 0 Å². The van der Waals surface area contributed by atoms with Crippen LogP contribution in [0.2, 0.25) is 0 Å². The van der Waals surface area contributed by atoms with E-state index in [2.05, 4.69) is 72.4 Å². The summed E-state index contributed by atoms with van der Waals surface area (Å²) in [7, 11) is 0. The van der Waals surface area contributed by atoms with Crippen molar-refractivity contribution in [2.75, 3.05) is 13.2 Å². The zero-order chi connectivity index (χ0) is 20.7. The average Bonchev–Trinajstić information content (AvgIpc) is 2.53. The van der Waals surface area contributed by atoms with Gasteiger partial charge in [0.25, 0.3) is 0 Å². The topological polar surface area (TPSA) is 18.5 Å². The molecule has 0 aliphatic heterocycles. The molecule has 154 valence electrons. The summed E-state index contributed by atoms with van der Waals surface area (Å²) in [6, 6.07) is 0. The van der Waals surface area contributed by atoms with Crippen LogP contribution in [0.1, 0.15) is 80.6 Å². The number of ether oxygens (including phenoxy) is 2. The van der Waals surface area contributed by atoms with E-state index in [4.69, 9.17) is 9.47 Å². The van der Waals surface area contributed by atoms with Gasteiger partial charge in [0.05, 0.1) is 13.2 Å². The first-order chi connectivity index (χ1) is 12.7. The van der Waals surface area contributed by atoms with Gasteiger partial charge >= 0.3 is 0 Å². The molecule has 27 heavy (non-hydrogen) atoms. The van der Waals surface area contributed by atoms with Crippen molar-refractivity contribution in [1.82, 2.24) is 0 Å². The van der Waals surface area contributed by atoms with Crippen LogP contribution in [0.4, 0.5) is 0 Å². The predicted molar refractivity (Wildman–Crippen MR) is 120 cm³/mol. The van der Waals surface area contributed by atoms with Crippen molar-refractivity contribution in [2.45, 2.75) is 86.9 Å². The minimum absolute atomic E-state index is 0.230. The van der Waals surface area contributed by atoms with Crippen LogP contribution in [-0.4, -0.2) is 19.5 Å². The molecule has 0 fully saturated rings. The standard InChI is InChI=1S/C25H42O2/c1-20(2)11-9-13-23(7)15-17-26-25(19-22(5)6)27-18-16-24(8)14-10-12-21(3)4/h11-12,15-16,25H,5,9-10,13-14,17-19H2,1-4,6-8H3/b23-15+,24-16+. The monoisotopic (exact) mass is 374 g/mol. The highest BCUT2D eigenvalue weighted by Crippen LogP contribution is 2.12. The number of hydrogen-bond donors (Lipinski definition) is 0. The Labute approximate surface area is 168 Å². The van der Waals surface area contributed by atoms with Crippen molar-refractivity contribution in [1.29, 1.82) is 0 Å². The molecule has 0 aliphatic carbocycles. The SMILES string of the molecule is C=C(C)CC(OC/C=C(\C)CCC=C(C)C)OC/C=C(\C)CCC=C(C)C. The summed E-state index contributed by atoms with van der Waals surface area (Å²) >= 11 is 0. The van der Waals surface area contributed by atoms with Crippen LogP contribution >= 0.6 is 0 Å². The molecule has 0 aromatic carbocycles. The molecule has 0 aliphatic rings. The summed E-state index contributed by atoms with van der Waals surface area (Å²) in [6.07, 6.45) is 13.7. The molecule has 0 unspecified atom stereocenters. The largest absolute Gasteiger partial charge is 0.348 e. The number of hydrogen-bond acceptors (Lipinski definition) is 2. The zero-order valence-corrected chi connectivity index (χ0v) is 18.9. The highest BCUT2D eigenvalue weighted by molar-refractivity contribution is 5.03. The van der Waals surface area contributed by atoms with Crippen molar-refractivity contribution >= 4 is 0 Å². The second-order valence-electron chi connectivity index (χ2n) is 8.00. The van der Waals surface area contributed by atoms with E-state index in [1.54, 1.807) is 0 Å². The molecule has 0 amide bonds. The first-order valence-corrected chi connectivity index (χ1v) is 10.2.